The molecule has 29 heavy (non-hydrogen) atoms. The van der Waals surface area contributed by atoms with Crippen molar-refractivity contribution in [1.82, 2.24) is 0 Å². The van der Waals surface area contributed by atoms with Gasteiger partial charge in [0.2, 0.25) is 5.91 Å². The van der Waals surface area contributed by atoms with Gasteiger partial charge in [-0.25, -0.2) is 0 Å². The fourth-order valence-electron chi connectivity index (χ4n) is 4.52. The summed E-state index contributed by atoms with van der Waals surface area (Å²) in [5.41, 5.74) is 5.25. The summed E-state index contributed by atoms with van der Waals surface area (Å²) >= 11 is 0. The summed E-state index contributed by atoms with van der Waals surface area (Å²) in [6.45, 7) is 9.24. The van der Waals surface area contributed by atoms with Gasteiger partial charge in [-0.2, -0.15) is 0 Å². The maximum absolute atomic E-state index is 11.1. The molecule has 1 unspecified atom stereocenters. The van der Waals surface area contributed by atoms with Gasteiger partial charge in [-0.15, -0.1) is 0 Å². The number of hydrogen-bond donors (Lipinski definition) is 4. The zero-order valence-corrected chi connectivity index (χ0v) is 18.1. The molecule has 2 heterocycles. The lowest BCUT2D eigenvalue weighted by molar-refractivity contribution is -0.309. The summed E-state index contributed by atoms with van der Waals surface area (Å²) in [5.74, 6) is -1.90. The van der Waals surface area contributed by atoms with Crippen molar-refractivity contribution in [2.45, 2.75) is 77.7 Å². The molecule has 1 amide bonds. The Morgan fingerprint density at radius 3 is 2.48 bits per heavy atom. The zero-order chi connectivity index (χ0) is 21.9. The van der Waals surface area contributed by atoms with E-state index in [4.69, 9.17) is 20.3 Å². The van der Waals surface area contributed by atoms with Gasteiger partial charge in [0.1, 0.15) is 0 Å². The third kappa shape index (κ3) is 5.47. The second-order valence-corrected chi connectivity index (χ2v) is 8.93. The van der Waals surface area contributed by atoms with E-state index < -0.39 is 30.5 Å². The number of aliphatic hydroxyl groups is 3. The van der Waals surface area contributed by atoms with Gasteiger partial charge in [0.05, 0.1) is 31.0 Å². The molecule has 5 N–H and O–H groups in total. The Morgan fingerprint density at radius 2 is 1.90 bits per heavy atom. The predicted octanol–water partition coefficient (Wildman–Crippen LogP) is 1.51. The number of hydrogen-bond acceptors (Lipinski definition) is 6. The van der Waals surface area contributed by atoms with E-state index in [2.05, 4.69) is 6.92 Å². The molecular weight excluding hydrogens is 374 g/mol. The normalized spacial score (nSPS) is 35.3. The van der Waals surface area contributed by atoms with Gasteiger partial charge in [-0.05, 0) is 13.3 Å². The van der Waals surface area contributed by atoms with E-state index in [1.54, 1.807) is 12.2 Å². The average molecular weight is 412 g/mol. The second-order valence-electron chi connectivity index (χ2n) is 8.93. The van der Waals surface area contributed by atoms with Crippen LogP contribution in [0.4, 0.5) is 0 Å². The number of carbonyl (C=O) groups is 1. The molecule has 0 radical (unpaired) electrons. The van der Waals surface area contributed by atoms with E-state index >= 15 is 0 Å². The van der Waals surface area contributed by atoms with Crippen LogP contribution in [-0.2, 0) is 14.3 Å². The topological polar surface area (TPSA) is 122 Å². The van der Waals surface area contributed by atoms with Crippen LogP contribution >= 0.6 is 0 Å². The van der Waals surface area contributed by atoms with Gasteiger partial charge in [0, 0.05) is 35.7 Å². The van der Waals surface area contributed by atoms with Crippen LogP contribution in [0.25, 0.3) is 0 Å². The number of primary amides is 1. The molecule has 0 saturated carbocycles. The number of allylic oxidation sites excluding steroid dienone is 2. The fraction of sp³-hybridized carbons (Fsp3) is 0.773. The standard InChI is InChI=1S/C22H37NO6/c1-12(7-6-8-16(11-24)21(23)27)18(25)14(3)19(26)15(4)20-13(2)17-9-10-22(5,28-17)29-20/h6-8,12-15,17-20,24-26H,9-11H2,1-5H3,(H2,23,27)/b7-6+,16-8-/t12-,13+,14+,15+,17?,18-,19+,20+,22-/m0/s1. The van der Waals surface area contributed by atoms with Crippen LogP contribution in [0.2, 0.25) is 0 Å². The van der Waals surface area contributed by atoms with E-state index in [1.165, 1.54) is 6.08 Å². The van der Waals surface area contributed by atoms with Crippen LogP contribution < -0.4 is 5.73 Å². The van der Waals surface area contributed by atoms with Crippen LogP contribution in [0, 0.1) is 23.7 Å². The van der Waals surface area contributed by atoms with Crippen molar-refractivity contribution in [3.05, 3.63) is 23.8 Å². The van der Waals surface area contributed by atoms with Crippen LogP contribution in [0.5, 0.6) is 0 Å². The van der Waals surface area contributed by atoms with Gasteiger partial charge < -0.3 is 30.5 Å². The molecule has 7 nitrogen and oxygen atoms in total. The predicted molar refractivity (Wildman–Crippen MR) is 110 cm³/mol. The summed E-state index contributed by atoms with van der Waals surface area (Å²) < 4.78 is 12.2. The maximum Gasteiger partial charge on any atom is 0.246 e. The van der Waals surface area contributed by atoms with Gasteiger partial charge >= 0.3 is 0 Å². The molecule has 0 aromatic rings. The highest BCUT2D eigenvalue weighted by Gasteiger charge is 2.51. The first-order valence-electron chi connectivity index (χ1n) is 10.5. The van der Waals surface area contributed by atoms with Crippen LogP contribution in [-0.4, -0.2) is 58.0 Å². The van der Waals surface area contributed by atoms with E-state index in [9.17, 15) is 15.0 Å². The SMILES string of the molecule is C[C@H]([C@H](O)[C@H](C)[C@@H](O)[C@@H](C)/C=C/C=C(/CO)C(N)=O)[C@@H]1O[C@@]2(C)CCC(O2)[C@H]1C. The maximum atomic E-state index is 11.1. The van der Waals surface area contributed by atoms with Crippen molar-refractivity contribution in [2.24, 2.45) is 29.4 Å². The number of nitrogens with two attached hydrogens (primary N) is 1. The molecule has 2 aliphatic heterocycles. The zero-order valence-electron chi connectivity index (χ0n) is 18.1. The van der Waals surface area contributed by atoms with Crippen molar-refractivity contribution in [2.75, 3.05) is 6.61 Å². The average Bonchev–Trinajstić information content (AvgIpc) is 3.02. The van der Waals surface area contributed by atoms with Crippen molar-refractivity contribution in [3.8, 4) is 0 Å². The lowest BCUT2D eigenvalue weighted by atomic mass is 9.78. The first kappa shape index (κ1) is 24.0. The van der Waals surface area contributed by atoms with Crippen LogP contribution in [0.1, 0.15) is 47.5 Å². The second kappa shape index (κ2) is 9.71. The molecule has 2 saturated heterocycles. The molecular formula is C22H37NO6. The Hall–Kier alpha value is -1.25. The molecule has 0 aromatic carbocycles. The number of ether oxygens (including phenoxy) is 2. The highest BCUT2D eigenvalue weighted by molar-refractivity contribution is 5.92. The molecule has 2 bridgehead atoms. The minimum absolute atomic E-state index is 0.0958. The van der Waals surface area contributed by atoms with Gasteiger partial charge in [0.25, 0.3) is 0 Å². The van der Waals surface area contributed by atoms with Gasteiger partial charge in [0.15, 0.2) is 5.79 Å². The number of fused-ring (bicyclic) bond motifs is 2. The summed E-state index contributed by atoms with van der Waals surface area (Å²) in [7, 11) is 0. The molecule has 0 spiro atoms. The Kier molecular flexibility index (Phi) is 8.04. The van der Waals surface area contributed by atoms with Crippen LogP contribution in [0.15, 0.2) is 23.8 Å². The van der Waals surface area contributed by atoms with E-state index in [0.29, 0.717) is 0 Å². The monoisotopic (exact) mass is 411 g/mol. The molecule has 2 aliphatic rings. The van der Waals surface area contributed by atoms with E-state index in [0.717, 1.165) is 12.8 Å². The summed E-state index contributed by atoms with van der Waals surface area (Å²) in [5, 5.41) is 30.8. The largest absolute Gasteiger partial charge is 0.392 e. The van der Waals surface area contributed by atoms with Crippen molar-refractivity contribution in [3.63, 3.8) is 0 Å². The van der Waals surface area contributed by atoms with E-state index in [1.807, 2.05) is 27.7 Å². The third-order valence-corrected chi connectivity index (χ3v) is 6.65. The third-order valence-electron chi connectivity index (χ3n) is 6.65. The minimum Gasteiger partial charge on any atom is -0.392 e. The van der Waals surface area contributed by atoms with Crippen LogP contribution in [0.3, 0.4) is 0 Å². The quantitative estimate of drug-likeness (QED) is 0.337. The molecule has 9 atom stereocenters. The number of aliphatic hydroxyl groups excluding tert-OH is 3. The Morgan fingerprint density at radius 1 is 1.24 bits per heavy atom. The van der Waals surface area contributed by atoms with Crippen molar-refractivity contribution < 1.29 is 29.6 Å². The number of rotatable bonds is 9. The smallest absolute Gasteiger partial charge is 0.246 e. The molecule has 0 aromatic heterocycles. The Balaban J connectivity index is 2.00. The molecule has 7 heteroatoms. The lowest BCUT2D eigenvalue weighted by Crippen LogP contribution is -2.52. The number of amides is 1. The summed E-state index contributed by atoms with van der Waals surface area (Å²) in [6.07, 6.45) is 5.05. The van der Waals surface area contributed by atoms with E-state index in [-0.39, 0.29) is 41.5 Å². The highest BCUT2D eigenvalue weighted by Crippen LogP contribution is 2.45. The summed E-state index contributed by atoms with van der Waals surface area (Å²) in [4.78, 5) is 11.1. The van der Waals surface area contributed by atoms with Crippen molar-refractivity contribution >= 4 is 5.91 Å². The number of carbonyl (C=O) groups excluding carboxylic acids is 1. The lowest BCUT2D eigenvalue weighted by Gasteiger charge is -2.45. The Bertz CT molecular complexity index is 635. The molecule has 2 rings (SSSR count). The molecule has 2 fully saturated rings. The summed E-state index contributed by atoms with van der Waals surface area (Å²) in [6, 6.07) is 0. The first-order chi connectivity index (χ1) is 13.5. The molecule has 0 aliphatic carbocycles. The Labute approximate surface area is 173 Å². The minimum atomic E-state index is -0.786. The van der Waals surface area contributed by atoms with Crippen molar-refractivity contribution in [1.29, 1.82) is 0 Å². The fourth-order valence-corrected chi connectivity index (χ4v) is 4.52. The first-order valence-corrected chi connectivity index (χ1v) is 10.5. The molecule has 166 valence electrons. The van der Waals surface area contributed by atoms with Gasteiger partial charge in [-0.1, -0.05) is 45.9 Å². The van der Waals surface area contributed by atoms with Gasteiger partial charge in [-0.3, -0.25) is 4.79 Å². The highest BCUT2D eigenvalue weighted by atomic mass is 16.7.